The van der Waals surface area contributed by atoms with Crippen LogP contribution in [0, 0.1) is 0 Å². The molecule has 1 aromatic heterocycles. The zero-order valence-corrected chi connectivity index (χ0v) is 11.0. The minimum atomic E-state index is -0.129. The largest absolute Gasteiger partial charge is 0.467 e. The normalized spacial score (nSPS) is 12.4. The van der Waals surface area contributed by atoms with E-state index in [1.54, 1.807) is 6.26 Å². The van der Waals surface area contributed by atoms with Crippen LogP contribution in [0.4, 0.5) is 0 Å². The molecule has 3 nitrogen and oxygen atoms in total. The van der Waals surface area contributed by atoms with Crippen molar-refractivity contribution >= 4 is 0 Å². The van der Waals surface area contributed by atoms with E-state index in [2.05, 4.69) is 19.2 Å². The van der Waals surface area contributed by atoms with Gasteiger partial charge in [-0.3, -0.25) is 0 Å². The molecule has 0 radical (unpaired) electrons. The highest BCUT2D eigenvalue weighted by molar-refractivity contribution is 5.16. The van der Waals surface area contributed by atoms with Gasteiger partial charge in [0.1, 0.15) is 12.4 Å². The lowest BCUT2D eigenvalue weighted by Crippen LogP contribution is -2.23. The molecule has 0 aliphatic carbocycles. The van der Waals surface area contributed by atoms with E-state index < -0.39 is 0 Å². The molecule has 92 valence electrons. The Morgan fingerprint density at radius 1 is 1.38 bits per heavy atom. The Bertz CT molecular complexity index is 310. The molecule has 0 fully saturated rings. The predicted octanol–water partition coefficient (Wildman–Crippen LogP) is 3.09. The van der Waals surface area contributed by atoms with E-state index in [9.17, 15) is 0 Å². The molecular weight excluding hydrogens is 202 g/mol. The van der Waals surface area contributed by atoms with E-state index in [-0.39, 0.29) is 5.60 Å². The fourth-order valence-electron chi connectivity index (χ4n) is 1.25. The highest BCUT2D eigenvalue weighted by atomic mass is 16.5. The molecule has 0 saturated carbocycles. The summed E-state index contributed by atoms with van der Waals surface area (Å²) in [6, 6.07) is 2.47. The van der Waals surface area contributed by atoms with E-state index in [1.807, 2.05) is 26.8 Å². The minimum absolute atomic E-state index is 0.129. The van der Waals surface area contributed by atoms with Crippen molar-refractivity contribution in [2.45, 2.75) is 59.4 Å². The van der Waals surface area contributed by atoms with Gasteiger partial charge in [0.25, 0.3) is 0 Å². The summed E-state index contributed by atoms with van der Waals surface area (Å²) in [5, 5.41) is 3.37. The molecule has 1 rings (SSSR count). The Kier molecular flexibility index (Phi) is 4.56. The Morgan fingerprint density at radius 3 is 2.62 bits per heavy atom. The van der Waals surface area contributed by atoms with Crippen molar-refractivity contribution in [3.8, 4) is 0 Å². The van der Waals surface area contributed by atoms with E-state index >= 15 is 0 Å². The number of ether oxygens (including phenoxy) is 1. The third-order valence-corrected chi connectivity index (χ3v) is 2.17. The van der Waals surface area contributed by atoms with Gasteiger partial charge in [-0.2, -0.15) is 0 Å². The van der Waals surface area contributed by atoms with Gasteiger partial charge in [0.05, 0.1) is 11.9 Å². The first-order valence-electron chi connectivity index (χ1n) is 5.81. The second-order valence-corrected chi connectivity index (χ2v) is 5.31. The van der Waals surface area contributed by atoms with Crippen LogP contribution >= 0.6 is 0 Å². The molecule has 3 heteroatoms. The van der Waals surface area contributed by atoms with Crippen LogP contribution in [0.1, 0.15) is 45.9 Å². The zero-order valence-electron chi connectivity index (χ0n) is 11.0. The number of rotatable bonds is 5. The number of furan rings is 1. The molecule has 0 aromatic carbocycles. The lowest BCUT2D eigenvalue weighted by atomic mass is 10.2. The molecule has 16 heavy (non-hydrogen) atoms. The van der Waals surface area contributed by atoms with Crippen molar-refractivity contribution < 1.29 is 9.15 Å². The number of hydrogen-bond donors (Lipinski definition) is 1. The summed E-state index contributed by atoms with van der Waals surface area (Å²) in [6.07, 6.45) is 1.72. The molecular formula is C13H23NO2. The summed E-state index contributed by atoms with van der Waals surface area (Å²) < 4.78 is 11.1. The number of nitrogens with one attached hydrogen (secondary N) is 1. The van der Waals surface area contributed by atoms with Crippen molar-refractivity contribution in [3.63, 3.8) is 0 Å². The van der Waals surface area contributed by atoms with Gasteiger partial charge in [0.2, 0.25) is 0 Å². The average Bonchev–Trinajstić information content (AvgIpc) is 2.57. The third kappa shape index (κ3) is 4.81. The lowest BCUT2D eigenvalue weighted by Gasteiger charge is -2.19. The molecule has 0 saturated heterocycles. The summed E-state index contributed by atoms with van der Waals surface area (Å²) in [6.45, 7) is 11.8. The summed E-state index contributed by atoms with van der Waals surface area (Å²) in [5.41, 5.74) is 1.05. The quantitative estimate of drug-likeness (QED) is 0.836. The average molecular weight is 225 g/mol. The molecule has 0 amide bonds. The van der Waals surface area contributed by atoms with Crippen LogP contribution in [0.3, 0.4) is 0 Å². The Balaban J connectivity index is 2.50. The fraction of sp³-hybridized carbons (Fsp3) is 0.692. The maximum Gasteiger partial charge on any atom is 0.133 e. The molecule has 0 unspecified atom stereocenters. The van der Waals surface area contributed by atoms with Gasteiger partial charge in [-0.15, -0.1) is 0 Å². The lowest BCUT2D eigenvalue weighted by molar-refractivity contribution is -0.0228. The van der Waals surface area contributed by atoms with Gasteiger partial charge in [-0.05, 0) is 26.8 Å². The predicted molar refractivity (Wildman–Crippen MR) is 65.2 cm³/mol. The van der Waals surface area contributed by atoms with Gasteiger partial charge >= 0.3 is 0 Å². The Morgan fingerprint density at radius 2 is 2.06 bits per heavy atom. The zero-order chi connectivity index (χ0) is 12.2. The topological polar surface area (TPSA) is 34.4 Å². The highest BCUT2D eigenvalue weighted by Crippen LogP contribution is 2.16. The van der Waals surface area contributed by atoms with Crippen molar-refractivity contribution in [3.05, 3.63) is 23.7 Å². The van der Waals surface area contributed by atoms with Crippen molar-refractivity contribution in [1.82, 2.24) is 5.32 Å². The molecule has 1 N–H and O–H groups in total. The Hall–Kier alpha value is -0.800. The second-order valence-electron chi connectivity index (χ2n) is 5.31. The summed E-state index contributed by atoms with van der Waals surface area (Å²) in [5.74, 6) is 0.920. The highest BCUT2D eigenvalue weighted by Gasteiger charge is 2.13. The molecule has 1 heterocycles. The first-order valence-corrected chi connectivity index (χ1v) is 5.81. The maximum absolute atomic E-state index is 5.70. The van der Waals surface area contributed by atoms with E-state index in [1.165, 1.54) is 5.56 Å². The fourth-order valence-corrected chi connectivity index (χ4v) is 1.25. The Labute approximate surface area is 98.2 Å². The molecule has 0 spiro atoms. The molecule has 0 bridgehead atoms. The summed E-state index contributed by atoms with van der Waals surface area (Å²) >= 11 is 0. The first kappa shape index (κ1) is 13.3. The maximum atomic E-state index is 5.70. The summed E-state index contributed by atoms with van der Waals surface area (Å²) in [4.78, 5) is 0. The van der Waals surface area contributed by atoms with Crippen molar-refractivity contribution in [1.29, 1.82) is 0 Å². The van der Waals surface area contributed by atoms with Gasteiger partial charge in [-0.25, -0.2) is 0 Å². The smallest absolute Gasteiger partial charge is 0.133 e. The summed E-state index contributed by atoms with van der Waals surface area (Å²) in [7, 11) is 0. The molecule has 0 aliphatic heterocycles. The van der Waals surface area contributed by atoms with E-state index in [0.29, 0.717) is 12.6 Å². The molecule has 1 aromatic rings. The van der Waals surface area contributed by atoms with Crippen molar-refractivity contribution in [2.24, 2.45) is 0 Å². The van der Waals surface area contributed by atoms with Crippen LogP contribution in [0.15, 0.2) is 16.7 Å². The van der Waals surface area contributed by atoms with Crippen LogP contribution in [0.25, 0.3) is 0 Å². The minimum Gasteiger partial charge on any atom is -0.467 e. The monoisotopic (exact) mass is 225 g/mol. The second kappa shape index (κ2) is 5.51. The van der Waals surface area contributed by atoms with Gasteiger partial charge in [0, 0.05) is 18.2 Å². The number of hydrogen-bond acceptors (Lipinski definition) is 3. The SMILES string of the molecule is CC(C)NCc1ccoc1COC(C)(C)C. The van der Waals surface area contributed by atoms with Crippen LogP contribution in [-0.2, 0) is 17.9 Å². The molecule has 0 atom stereocenters. The van der Waals surface area contributed by atoms with Gasteiger partial charge in [0.15, 0.2) is 0 Å². The first-order chi connectivity index (χ1) is 7.38. The van der Waals surface area contributed by atoms with Crippen LogP contribution < -0.4 is 5.32 Å². The van der Waals surface area contributed by atoms with Crippen LogP contribution in [0.5, 0.6) is 0 Å². The van der Waals surface area contributed by atoms with Gasteiger partial charge in [-0.1, -0.05) is 13.8 Å². The molecule has 0 aliphatic rings. The van der Waals surface area contributed by atoms with E-state index in [4.69, 9.17) is 9.15 Å². The van der Waals surface area contributed by atoms with Crippen molar-refractivity contribution in [2.75, 3.05) is 0 Å². The van der Waals surface area contributed by atoms with Crippen LogP contribution in [0.2, 0.25) is 0 Å². The van der Waals surface area contributed by atoms with E-state index in [0.717, 1.165) is 12.3 Å². The van der Waals surface area contributed by atoms with Crippen LogP contribution in [-0.4, -0.2) is 11.6 Å². The standard InChI is InChI=1S/C13H23NO2/c1-10(2)14-8-11-6-7-15-12(11)9-16-13(3,4)5/h6-7,10,14H,8-9H2,1-5H3. The van der Waals surface area contributed by atoms with Gasteiger partial charge < -0.3 is 14.5 Å². The third-order valence-electron chi connectivity index (χ3n) is 2.17.